The Balaban J connectivity index is 2.19. The van der Waals surface area contributed by atoms with Crippen LogP contribution >= 0.6 is 0 Å². The second kappa shape index (κ2) is 3.45. The molecule has 3 rings (SSSR count). The number of hydrogen-bond acceptors (Lipinski definition) is 3. The van der Waals surface area contributed by atoms with Crippen LogP contribution < -0.4 is 10.9 Å². The van der Waals surface area contributed by atoms with E-state index in [1.807, 2.05) is 6.92 Å². The van der Waals surface area contributed by atoms with E-state index in [2.05, 4.69) is 15.4 Å². The predicted octanol–water partition coefficient (Wildman–Crippen LogP) is 0.756. The molecule has 0 saturated carbocycles. The van der Waals surface area contributed by atoms with E-state index in [1.54, 1.807) is 12.3 Å². The van der Waals surface area contributed by atoms with Crippen molar-refractivity contribution < 1.29 is 0 Å². The summed E-state index contributed by atoms with van der Waals surface area (Å²) in [5.74, 6) is 0. The first-order valence-corrected chi connectivity index (χ1v) is 5.57. The second-order valence-corrected chi connectivity index (χ2v) is 4.28. The van der Waals surface area contributed by atoms with Crippen LogP contribution in [0.4, 0.5) is 0 Å². The smallest absolute Gasteiger partial charge is 0.272 e. The Morgan fingerprint density at radius 1 is 1.56 bits per heavy atom. The Hall–Kier alpha value is -1.62. The van der Waals surface area contributed by atoms with Crippen LogP contribution in [-0.2, 0) is 0 Å². The van der Waals surface area contributed by atoms with E-state index in [-0.39, 0.29) is 11.6 Å². The van der Waals surface area contributed by atoms with Gasteiger partial charge in [0.25, 0.3) is 5.56 Å². The van der Waals surface area contributed by atoms with Crippen molar-refractivity contribution in [2.45, 2.75) is 25.8 Å². The monoisotopic (exact) mass is 218 g/mol. The first-order chi connectivity index (χ1) is 7.75. The molecule has 1 fully saturated rings. The van der Waals surface area contributed by atoms with Crippen molar-refractivity contribution in [2.75, 3.05) is 6.54 Å². The van der Waals surface area contributed by atoms with Crippen LogP contribution in [0.15, 0.2) is 17.1 Å². The van der Waals surface area contributed by atoms with E-state index in [1.165, 1.54) is 4.52 Å². The van der Waals surface area contributed by atoms with Gasteiger partial charge in [-0.1, -0.05) is 0 Å². The fourth-order valence-corrected chi connectivity index (χ4v) is 2.23. The molecule has 1 atom stereocenters. The molecule has 0 aliphatic carbocycles. The first-order valence-electron chi connectivity index (χ1n) is 5.57. The van der Waals surface area contributed by atoms with Gasteiger partial charge in [0.2, 0.25) is 0 Å². The van der Waals surface area contributed by atoms with Gasteiger partial charge in [-0.25, -0.2) is 9.50 Å². The van der Waals surface area contributed by atoms with E-state index >= 15 is 0 Å². The van der Waals surface area contributed by atoms with E-state index in [0.29, 0.717) is 0 Å². The molecule has 84 valence electrons. The fraction of sp³-hybridized carbons (Fsp3) is 0.455. The Morgan fingerprint density at radius 3 is 3.19 bits per heavy atom. The van der Waals surface area contributed by atoms with E-state index < -0.39 is 0 Å². The summed E-state index contributed by atoms with van der Waals surface area (Å²) in [5, 5.41) is 6.25. The van der Waals surface area contributed by atoms with Gasteiger partial charge in [-0.3, -0.25) is 9.89 Å². The largest absolute Gasteiger partial charge is 0.309 e. The molecule has 16 heavy (non-hydrogen) atoms. The molecule has 2 aromatic rings. The number of nitrogens with zero attached hydrogens (tertiary/aromatic N) is 2. The molecule has 2 aromatic heterocycles. The van der Waals surface area contributed by atoms with Crippen LogP contribution in [0.1, 0.15) is 30.1 Å². The maximum Gasteiger partial charge on any atom is 0.272 e. The molecule has 5 heteroatoms. The number of hydrogen-bond donors (Lipinski definition) is 2. The molecule has 3 heterocycles. The Kier molecular flexibility index (Phi) is 2.07. The van der Waals surface area contributed by atoms with E-state index in [9.17, 15) is 4.79 Å². The fourth-order valence-electron chi connectivity index (χ4n) is 2.23. The maximum absolute atomic E-state index is 11.8. The number of nitrogens with one attached hydrogen (secondary N) is 2. The molecule has 0 radical (unpaired) electrons. The number of fused-ring (bicyclic) bond motifs is 1. The molecule has 2 N–H and O–H groups in total. The predicted molar refractivity (Wildman–Crippen MR) is 60.5 cm³/mol. The summed E-state index contributed by atoms with van der Waals surface area (Å²) in [5.41, 5.74) is 2.56. The van der Waals surface area contributed by atoms with Crippen molar-refractivity contribution in [3.63, 3.8) is 0 Å². The summed E-state index contributed by atoms with van der Waals surface area (Å²) in [6, 6.07) is 1.86. The van der Waals surface area contributed by atoms with Crippen molar-refractivity contribution in [3.8, 4) is 0 Å². The normalized spacial score (nSPS) is 20.7. The lowest BCUT2D eigenvalue weighted by atomic mass is 10.1. The Labute approximate surface area is 92.5 Å². The highest BCUT2D eigenvalue weighted by Gasteiger charge is 2.19. The molecule has 0 spiro atoms. The lowest BCUT2D eigenvalue weighted by Crippen LogP contribution is -2.21. The molecule has 0 bridgehead atoms. The lowest BCUT2D eigenvalue weighted by molar-refractivity contribution is 0.624. The van der Waals surface area contributed by atoms with Crippen LogP contribution in [0.5, 0.6) is 0 Å². The van der Waals surface area contributed by atoms with Crippen molar-refractivity contribution in [1.29, 1.82) is 0 Å². The van der Waals surface area contributed by atoms with Crippen LogP contribution in [0.2, 0.25) is 0 Å². The Morgan fingerprint density at radius 2 is 2.44 bits per heavy atom. The highest BCUT2D eigenvalue weighted by Crippen LogP contribution is 2.20. The standard InChI is InChI=1S/C11H14N4O/c1-7-6-13-15-10(16)5-9(14-11(7)15)8-3-2-4-12-8/h5-6,8,12-13H,2-4H2,1H3. The third-order valence-corrected chi connectivity index (χ3v) is 3.12. The van der Waals surface area contributed by atoms with Gasteiger partial charge >= 0.3 is 0 Å². The topological polar surface area (TPSA) is 62.2 Å². The van der Waals surface area contributed by atoms with Crippen LogP contribution in [0.25, 0.3) is 5.65 Å². The molecular weight excluding hydrogens is 204 g/mol. The number of aromatic amines is 1. The van der Waals surface area contributed by atoms with E-state index in [4.69, 9.17) is 0 Å². The minimum atomic E-state index is -0.0400. The second-order valence-electron chi connectivity index (χ2n) is 4.28. The summed E-state index contributed by atoms with van der Waals surface area (Å²) in [4.78, 5) is 16.4. The van der Waals surface area contributed by atoms with Gasteiger partial charge in [-0.05, 0) is 26.3 Å². The van der Waals surface area contributed by atoms with Crippen molar-refractivity contribution in [2.24, 2.45) is 0 Å². The van der Waals surface area contributed by atoms with Gasteiger partial charge in [0.15, 0.2) is 5.65 Å². The van der Waals surface area contributed by atoms with Crippen LogP contribution in [-0.4, -0.2) is 21.1 Å². The van der Waals surface area contributed by atoms with Gasteiger partial charge in [-0.2, -0.15) is 0 Å². The van der Waals surface area contributed by atoms with Gasteiger partial charge < -0.3 is 5.32 Å². The number of aryl methyl sites for hydroxylation is 1. The number of H-pyrrole nitrogens is 1. The van der Waals surface area contributed by atoms with Crippen LogP contribution in [0.3, 0.4) is 0 Å². The molecule has 0 amide bonds. The lowest BCUT2D eigenvalue weighted by Gasteiger charge is -2.08. The summed E-state index contributed by atoms with van der Waals surface area (Å²) in [6.45, 7) is 2.96. The highest BCUT2D eigenvalue weighted by atomic mass is 16.1. The highest BCUT2D eigenvalue weighted by molar-refractivity contribution is 5.45. The SMILES string of the molecule is Cc1c[nH]n2c(=O)cc(C3CCCN3)nc12. The van der Waals surface area contributed by atoms with Gasteiger partial charge in [-0.15, -0.1) is 0 Å². The molecule has 1 unspecified atom stereocenters. The molecule has 1 saturated heterocycles. The van der Waals surface area contributed by atoms with Crippen LogP contribution in [0, 0.1) is 6.92 Å². The molecule has 1 aliphatic heterocycles. The molecular formula is C11H14N4O. The zero-order valence-corrected chi connectivity index (χ0v) is 9.16. The minimum absolute atomic E-state index is 0.0400. The van der Waals surface area contributed by atoms with Crippen molar-refractivity contribution >= 4 is 5.65 Å². The molecule has 0 aromatic carbocycles. The number of rotatable bonds is 1. The molecule has 5 nitrogen and oxygen atoms in total. The number of aromatic nitrogens is 3. The zero-order chi connectivity index (χ0) is 11.1. The Bertz CT molecular complexity index is 577. The van der Waals surface area contributed by atoms with Crippen molar-refractivity contribution in [1.82, 2.24) is 19.9 Å². The molecule has 1 aliphatic rings. The van der Waals surface area contributed by atoms with Gasteiger partial charge in [0.05, 0.1) is 5.69 Å². The summed E-state index contributed by atoms with van der Waals surface area (Å²) >= 11 is 0. The van der Waals surface area contributed by atoms with E-state index in [0.717, 1.165) is 36.3 Å². The van der Waals surface area contributed by atoms with Gasteiger partial charge in [0.1, 0.15) is 0 Å². The maximum atomic E-state index is 11.8. The van der Waals surface area contributed by atoms with Crippen molar-refractivity contribution in [3.05, 3.63) is 33.9 Å². The summed E-state index contributed by atoms with van der Waals surface area (Å²) in [7, 11) is 0. The first kappa shape index (κ1) is 9.59. The summed E-state index contributed by atoms with van der Waals surface area (Å²) in [6.07, 6.45) is 4.01. The average Bonchev–Trinajstić information content (AvgIpc) is 2.88. The zero-order valence-electron chi connectivity index (χ0n) is 9.16. The summed E-state index contributed by atoms with van der Waals surface area (Å²) < 4.78 is 1.48. The third-order valence-electron chi connectivity index (χ3n) is 3.12. The third kappa shape index (κ3) is 1.36. The van der Waals surface area contributed by atoms with Gasteiger partial charge in [0, 0.05) is 23.9 Å². The minimum Gasteiger partial charge on any atom is -0.309 e. The average molecular weight is 218 g/mol. The quantitative estimate of drug-likeness (QED) is 0.742.